The zero-order valence-corrected chi connectivity index (χ0v) is 12.5. The second-order valence-electron chi connectivity index (χ2n) is 5.94. The molecule has 2 saturated heterocycles. The molecule has 0 aromatic rings. The van der Waals surface area contributed by atoms with E-state index in [4.69, 9.17) is 10.5 Å². The fourth-order valence-electron chi connectivity index (χ4n) is 3.54. The lowest BCUT2D eigenvalue weighted by Gasteiger charge is -2.34. The topological polar surface area (TPSA) is 41.7 Å². The van der Waals surface area contributed by atoms with Crippen molar-refractivity contribution in [1.29, 1.82) is 0 Å². The molecular weight excluding hydrogens is 238 g/mol. The second kappa shape index (κ2) is 8.20. The molecule has 0 bridgehead atoms. The number of hydrogen-bond donors (Lipinski definition) is 1. The van der Waals surface area contributed by atoms with Crippen molar-refractivity contribution in [2.75, 3.05) is 45.9 Å². The molecule has 2 heterocycles. The van der Waals surface area contributed by atoms with Crippen LogP contribution in [0.2, 0.25) is 0 Å². The molecule has 19 heavy (non-hydrogen) atoms. The lowest BCUT2D eigenvalue weighted by molar-refractivity contribution is 0.0188. The van der Waals surface area contributed by atoms with Gasteiger partial charge in [-0.05, 0) is 51.7 Å². The van der Waals surface area contributed by atoms with Crippen LogP contribution in [0.3, 0.4) is 0 Å². The summed E-state index contributed by atoms with van der Waals surface area (Å²) in [4.78, 5) is 5.32. The van der Waals surface area contributed by atoms with Gasteiger partial charge < -0.3 is 10.5 Å². The molecule has 4 heteroatoms. The van der Waals surface area contributed by atoms with Gasteiger partial charge in [0.2, 0.25) is 0 Å². The van der Waals surface area contributed by atoms with E-state index in [0.29, 0.717) is 12.1 Å². The Labute approximate surface area is 118 Å². The Hall–Kier alpha value is -0.160. The summed E-state index contributed by atoms with van der Waals surface area (Å²) < 4.78 is 5.64. The summed E-state index contributed by atoms with van der Waals surface area (Å²) in [6, 6.07) is 1.36. The zero-order chi connectivity index (χ0) is 13.5. The van der Waals surface area contributed by atoms with Gasteiger partial charge in [0.15, 0.2) is 0 Å². The molecule has 2 fully saturated rings. The first-order valence-corrected chi connectivity index (χ1v) is 8.11. The molecule has 0 amide bonds. The Balaban J connectivity index is 1.82. The Morgan fingerprint density at radius 1 is 1.21 bits per heavy atom. The van der Waals surface area contributed by atoms with Crippen LogP contribution in [-0.4, -0.2) is 67.8 Å². The van der Waals surface area contributed by atoms with E-state index in [9.17, 15) is 0 Å². The maximum Gasteiger partial charge on any atom is 0.0621 e. The van der Waals surface area contributed by atoms with Gasteiger partial charge in [-0.25, -0.2) is 0 Å². The summed E-state index contributed by atoms with van der Waals surface area (Å²) in [5.74, 6) is 0. The first-order chi connectivity index (χ1) is 9.35. The van der Waals surface area contributed by atoms with E-state index in [-0.39, 0.29) is 0 Å². The molecule has 2 N–H and O–H groups in total. The Morgan fingerprint density at radius 3 is 2.79 bits per heavy atom. The van der Waals surface area contributed by atoms with Crippen LogP contribution in [0, 0.1) is 0 Å². The monoisotopic (exact) mass is 269 g/mol. The van der Waals surface area contributed by atoms with Gasteiger partial charge >= 0.3 is 0 Å². The summed E-state index contributed by atoms with van der Waals surface area (Å²) in [7, 11) is 0. The lowest BCUT2D eigenvalue weighted by atomic mass is 10.1. The highest BCUT2D eigenvalue weighted by atomic mass is 16.5. The second-order valence-corrected chi connectivity index (χ2v) is 5.94. The van der Waals surface area contributed by atoms with Crippen LogP contribution in [-0.2, 0) is 4.74 Å². The van der Waals surface area contributed by atoms with E-state index < -0.39 is 0 Å². The number of ether oxygens (including phenoxy) is 1. The lowest BCUT2D eigenvalue weighted by Crippen LogP contribution is -2.44. The van der Waals surface area contributed by atoms with Crippen molar-refractivity contribution in [2.24, 2.45) is 5.73 Å². The number of nitrogens with two attached hydrogens (primary N) is 1. The molecule has 2 rings (SSSR count). The molecule has 2 atom stereocenters. The van der Waals surface area contributed by atoms with Crippen LogP contribution in [0.5, 0.6) is 0 Å². The van der Waals surface area contributed by atoms with Crippen LogP contribution in [0.15, 0.2) is 0 Å². The highest BCUT2D eigenvalue weighted by Gasteiger charge is 2.25. The summed E-state index contributed by atoms with van der Waals surface area (Å²) in [5, 5.41) is 0. The van der Waals surface area contributed by atoms with Crippen molar-refractivity contribution < 1.29 is 4.74 Å². The summed E-state index contributed by atoms with van der Waals surface area (Å²) in [6.07, 6.45) is 6.21. The molecular formula is C15H31N3O. The Kier molecular flexibility index (Phi) is 6.57. The highest BCUT2D eigenvalue weighted by molar-refractivity contribution is 4.81. The van der Waals surface area contributed by atoms with Crippen LogP contribution in [0.1, 0.15) is 39.0 Å². The van der Waals surface area contributed by atoms with Gasteiger partial charge in [-0.15, -0.1) is 0 Å². The minimum Gasteiger partial charge on any atom is -0.380 e. The van der Waals surface area contributed by atoms with Gasteiger partial charge in [-0.3, -0.25) is 9.80 Å². The fourth-order valence-corrected chi connectivity index (χ4v) is 3.54. The maximum atomic E-state index is 5.74. The fraction of sp³-hybridized carbons (Fsp3) is 1.00. The first kappa shape index (κ1) is 15.2. The van der Waals surface area contributed by atoms with Crippen LogP contribution in [0.4, 0.5) is 0 Å². The molecule has 112 valence electrons. The molecule has 0 aliphatic carbocycles. The molecule has 0 aromatic carbocycles. The van der Waals surface area contributed by atoms with Gasteiger partial charge in [0.1, 0.15) is 0 Å². The average molecular weight is 269 g/mol. The van der Waals surface area contributed by atoms with Crippen LogP contribution >= 0.6 is 0 Å². The van der Waals surface area contributed by atoms with Crippen molar-refractivity contribution in [3.63, 3.8) is 0 Å². The Morgan fingerprint density at radius 2 is 2.11 bits per heavy atom. The molecule has 0 saturated carbocycles. The van der Waals surface area contributed by atoms with E-state index in [0.717, 1.165) is 26.2 Å². The SMILES string of the molecule is CCC(CCN)N1CCCN(C2CCCOC2)CC1. The molecule has 0 aromatic heterocycles. The first-order valence-electron chi connectivity index (χ1n) is 8.11. The number of hydrogen-bond acceptors (Lipinski definition) is 4. The van der Waals surface area contributed by atoms with E-state index in [2.05, 4.69) is 16.7 Å². The predicted molar refractivity (Wildman–Crippen MR) is 79.4 cm³/mol. The van der Waals surface area contributed by atoms with Gasteiger partial charge in [0, 0.05) is 31.8 Å². The average Bonchev–Trinajstić information content (AvgIpc) is 2.71. The predicted octanol–water partition coefficient (Wildman–Crippen LogP) is 1.30. The van der Waals surface area contributed by atoms with Gasteiger partial charge in [0.05, 0.1) is 6.61 Å². The van der Waals surface area contributed by atoms with Crippen LogP contribution < -0.4 is 5.73 Å². The smallest absolute Gasteiger partial charge is 0.0621 e. The quantitative estimate of drug-likeness (QED) is 0.817. The highest BCUT2D eigenvalue weighted by Crippen LogP contribution is 2.18. The maximum absolute atomic E-state index is 5.74. The zero-order valence-electron chi connectivity index (χ0n) is 12.5. The molecule has 2 aliphatic heterocycles. The van der Waals surface area contributed by atoms with Crippen molar-refractivity contribution in [1.82, 2.24) is 9.80 Å². The number of nitrogens with zero attached hydrogens (tertiary/aromatic N) is 2. The van der Waals surface area contributed by atoms with Crippen LogP contribution in [0.25, 0.3) is 0 Å². The van der Waals surface area contributed by atoms with Gasteiger partial charge in [0.25, 0.3) is 0 Å². The van der Waals surface area contributed by atoms with Gasteiger partial charge in [-0.2, -0.15) is 0 Å². The summed E-state index contributed by atoms with van der Waals surface area (Å²) in [6.45, 7) is 9.90. The van der Waals surface area contributed by atoms with Gasteiger partial charge in [-0.1, -0.05) is 6.92 Å². The van der Waals surface area contributed by atoms with E-state index >= 15 is 0 Å². The minimum absolute atomic E-state index is 0.670. The largest absolute Gasteiger partial charge is 0.380 e. The van der Waals surface area contributed by atoms with Crippen molar-refractivity contribution in [3.8, 4) is 0 Å². The Bertz CT molecular complexity index is 231. The molecule has 0 spiro atoms. The molecule has 4 nitrogen and oxygen atoms in total. The number of rotatable bonds is 5. The molecule has 0 radical (unpaired) electrons. The molecule has 2 aliphatic rings. The normalized spacial score (nSPS) is 29.1. The third kappa shape index (κ3) is 4.42. The standard InChI is InChI=1S/C15H31N3O/c1-2-14(6-7-16)17-8-4-9-18(11-10-17)15-5-3-12-19-13-15/h14-15H,2-13,16H2,1H3. The van der Waals surface area contributed by atoms with E-state index in [1.807, 2.05) is 0 Å². The third-order valence-corrected chi connectivity index (χ3v) is 4.71. The van der Waals surface area contributed by atoms with Crippen molar-refractivity contribution in [2.45, 2.75) is 51.1 Å². The van der Waals surface area contributed by atoms with Crippen molar-refractivity contribution >= 4 is 0 Å². The summed E-state index contributed by atoms with van der Waals surface area (Å²) in [5.41, 5.74) is 5.74. The van der Waals surface area contributed by atoms with Crippen molar-refractivity contribution in [3.05, 3.63) is 0 Å². The molecule has 2 unspecified atom stereocenters. The summed E-state index contributed by atoms with van der Waals surface area (Å²) >= 11 is 0. The third-order valence-electron chi connectivity index (χ3n) is 4.71. The van der Waals surface area contributed by atoms with E-state index in [1.165, 1.54) is 51.9 Å². The minimum atomic E-state index is 0.670. The van der Waals surface area contributed by atoms with E-state index in [1.54, 1.807) is 0 Å².